The van der Waals surface area contributed by atoms with E-state index in [1.165, 1.54) is 11.5 Å². The SMILES string of the molecule is Clc1nsc2cnccc12. The van der Waals surface area contributed by atoms with Crippen LogP contribution < -0.4 is 0 Å². The molecule has 4 heteroatoms. The van der Waals surface area contributed by atoms with Gasteiger partial charge in [0, 0.05) is 17.8 Å². The highest BCUT2D eigenvalue weighted by Crippen LogP contribution is 2.24. The quantitative estimate of drug-likeness (QED) is 0.607. The third-order valence-electron chi connectivity index (χ3n) is 1.23. The molecule has 0 radical (unpaired) electrons. The molecular weight excluding hydrogens is 168 g/mol. The Morgan fingerprint density at radius 2 is 2.40 bits per heavy atom. The van der Waals surface area contributed by atoms with E-state index >= 15 is 0 Å². The third-order valence-corrected chi connectivity index (χ3v) is 2.42. The number of halogens is 1. The fourth-order valence-corrected chi connectivity index (χ4v) is 1.73. The lowest BCUT2D eigenvalue weighted by molar-refractivity contribution is 1.37. The maximum absolute atomic E-state index is 5.74. The zero-order chi connectivity index (χ0) is 6.97. The van der Waals surface area contributed by atoms with Gasteiger partial charge in [0.15, 0.2) is 5.15 Å². The molecule has 0 aromatic carbocycles. The van der Waals surface area contributed by atoms with Gasteiger partial charge in [-0.25, -0.2) is 0 Å². The van der Waals surface area contributed by atoms with Crippen molar-refractivity contribution in [1.82, 2.24) is 9.36 Å². The summed E-state index contributed by atoms with van der Waals surface area (Å²) >= 11 is 7.11. The molecule has 0 spiro atoms. The number of hydrogen-bond acceptors (Lipinski definition) is 3. The number of fused-ring (bicyclic) bond motifs is 1. The molecule has 2 aromatic rings. The van der Waals surface area contributed by atoms with Crippen LogP contribution in [0.15, 0.2) is 18.5 Å². The van der Waals surface area contributed by atoms with E-state index in [0.29, 0.717) is 5.15 Å². The molecular formula is C6H3ClN2S. The molecule has 0 atom stereocenters. The summed E-state index contributed by atoms with van der Waals surface area (Å²) in [5.74, 6) is 0. The summed E-state index contributed by atoms with van der Waals surface area (Å²) in [6, 6.07) is 1.86. The fraction of sp³-hybridized carbons (Fsp3) is 0. The minimum Gasteiger partial charge on any atom is -0.263 e. The minimum atomic E-state index is 0.572. The Balaban J connectivity index is 2.93. The number of rotatable bonds is 0. The van der Waals surface area contributed by atoms with E-state index in [1.807, 2.05) is 6.07 Å². The molecule has 0 aliphatic carbocycles. The lowest BCUT2D eigenvalue weighted by atomic mass is 10.4. The highest BCUT2D eigenvalue weighted by Gasteiger charge is 2.00. The van der Waals surface area contributed by atoms with E-state index in [1.54, 1.807) is 12.4 Å². The lowest BCUT2D eigenvalue weighted by Gasteiger charge is -1.82. The molecule has 10 heavy (non-hydrogen) atoms. The van der Waals surface area contributed by atoms with Crippen LogP contribution in [0.4, 0.5) is 0 Å². The van der Waals surface area contributed by atoms with Crippen molar-refractivity contribution in [2.75, 3.05) is 0 Å². The van der Waals surface area contributed by atoms with Gasteiger partial charge in [-0.3, -0.25) is 4.98 Å². The van der Waals surface area contributed by atoms with Gasteiger partial charge in [-0.15, -0.1) is 0 Å². The van der Waals surface area contributed by atoms with Gasteiger partial charge in [0.1, 0.15) is 0 Å². The van der Waals surface area contributed by atoms with Gasteiger partial charge in [-0.1, -0.05) is 11.6 Å². The van der Waals surface area contributed by atoms with Crippen molar-refractivity contribution >= 4 is 33.2 Å². The summed E-state index contributed by atoms with van der Waals surface area (Å²) in [6.45, 7) is 0. The summed E-state index contributed by atoms with van der Waals surface area (Å²) in [5, 5.41) is 1.56. The fourth-order valence-electron chi connectivity index (χ4n) is 0.762. The second kappa shape index (κ2) is 2.18. The summed E-state index contributed by atoms with van der Waals surface area (Å²) in [7, 11) is 0. The van der Waals surface area contributed by atoms with Crippen LogP contribution >= 0.6 is 23.1 Å². The Labute approximate surface area is 66.6 Å². The van der Waals surface area contributed by atoms with Crippen molar-refractivity contribution in [3.8, 4) is 0 Å². The molecule has 2 rings (SSSR count). The van der Waals surface area contributed by atoms with Gasteiger partial charge in [0.2, 0.25) is 0 Å². The van der Waals surface area contributed by atoms with Crippen molar-refractivity contribution in [3.05, 3.63) is 23.6 Å². The van der Waals surface area contributed by atoms with Crippen molar-refractivity contribution in [1.29, 1.82) is 0 Å². The second-order valence-corrected chi connectivity index (χ2v) is 3.01. The van der Waals surface area contributed by atoms with Crippen molar-refractivity contribution in [2.24, 2.45) is 0 Å². The normalized spacial score (nSPS) is 10.5. The lowest BCUT2D eigenvalue weighted by Crippen LogP contribution is -1.66. The molecule has 0 saturated carbocycles. The molecule has 0 N–H and O–H groups in total. The molecule has 2 aromatic heterocycles. The summed E-state index contributed by atoms with van der Waals surface area (Å²) in [4.78, 5) is 3.94. The largest absolute Gasteiger partial charge is 0.263 e. The zero-order valence-corrected chi connectivity index (χ0v) is 6.49. The number of aromatic nitrogens is 2. The van der Waals surface area contributed by atoms with Crippen molar-refractivity contribution in [3.63, 3.8) is 0 Å². The van der Waals surface area contributed by atoms with Gasteiger partial charge in [-0.05, 0) is 17.6 Å². The van der Waals surface area contributed by atoms with Crippen molar-refractivity contribution in [2.45, 2.75) is 0 Å². The third kappa shape index (κ3) is 0.786. The monoisotopic (exact) mass is 170 g/mol. The van der Waals surface area contributed by atoms with Crippen molar-refractivity contribution < 1.29 is 0 Å². The van der Waals surface area contributed by atoms with Gasteiger partial charge >= 0.3 is 0 Å². The molecule has 0 saturated heterocycles. The topological polar surface area (TPSA) is 25.8 Å². The smallest absolute Gasteiger partial charge is 0.150 e. The Morgan fingerprint density at radius 1 is 1.50 bits per heavy atom. The molecule has 0 bridgehead atoms. The highest BCUT2D eigenvalue weighted by molar-refractivity contribution is 7.13. The highest BCUT2D eigenvalue weighted by atomic mass is 35.5. The van der Waals surface area contributed by atoms with Crippen LogP contribution in [0.5, 0.6) is 0 Å². The maximum atomic E-state index is 5.74. The van der Waals surface area contributed by atoms with Gasteiger partial charge < -0.3 is 0 Å². The molecule has 50 valence electrons. The first-order valence-electron chi connectivity index (χ1n) is 2.73. The molecule has 0 unspecified atom stereocenters. The second-order valence-electron chi connectivity index (χ2n) is 1.85. The predicted molar refractivity (Wildman–Crippen MR) is 42.4 cm³/mol. The van der Waals surface area contributed by atoms with Crippen LogP contribution in [0.3, 0.4) is 0 Å². The first kappa shape index (κ1) is 6.07. The van der Waals surface area contributed by atoms with E-state index in [-0.39, 0.29) is 0 Å². The molecule has 2 nitrogen and oxygen atoms in total. The van der Waals surface area contributed by atoms with Gasteiger partial charge in [0.05, 0.1) is 4.70 Å². The van der Waals surface area contributed by atoms with E-state index in [2.05, 4.69) is 9.36 Å². The van der Waals surface area contributed by atoms with E-state index in [4.69, 9.17) is 11.6 Å². The van der Waals surface area contributed by atoms with E-state index in [0.717, 1.165) is 10.1 Å². The van der Waals surface area contributed by atoms with Crippen LogP contribution in [0.1, 0.15) is 0 Å². The minimum absolute atomic E-state index is 0.572. The number of nitrogens with zero attached hydrogens (tertiary/aromatic N) is 2. The molecule has 2 heterocycles. The number of hydrogen-bond donors (Lipinski definition) is 0. The summed E-state index contributed by atoms with van der Waals surface area (Å²) in [6.07, 6.45) is 3.47. The molecule has 0 amide bonds. The molecule has 0 aliphatic heterocycles. The van der Waals surface area contributed by atoms with Gasteiger partial charge in [-0.2, -0.15) is 4.37 Å². The standard InChI is InChI=1S/C6H3ClN2S/c7-6-4-1-2-8-3-5(4)10-9-6/h1-3H. The predicted octanol–water partition coefficient (Wildman–Crippen LogP) is 2.34. The van der Waals surface area contributed by atoms with Crippen LogP contribution in [0.2, 0.25) is 5.15 Å². The Morgan fingerprint density at radius 3 is 3.20 bits per heavy atom. The number of pyridine rings is 1. The summed E-state index contributed by atoms with van der Waals surface area (Å²) in [5.41, 5.74) is 0. The zero-order valence-electron chi connectivity index (χ0n) is 4.91. The first-order chi connectivity index (χ1) is 4.88. The summed E-state index contributed by atoms with van der Waals surface area (Å²) < 4.78 is 5.00. The molecule has 0 aliphatic rings. The van der Waals surface area contributed by atoms with E-state index in [9.17, 15) is 0 Å². The Kier molecular flexibility index (Phi) is 1.32. The maximum Gasteiger partial charge on any atom is 0.150 e. The Bertz CT molecular complexity index is 357. The average Bonchev–Trinajstić information content (AvgIpc) is 2.34. The van der Waals surface area contributed by atoms with Crippen LogP contribution in [0.25, 0.3) is 10.1 Å². The van der Waals surface area contributed by atoms with Crippen LogP contribution in [0, 0.1) is 0 Å². The Hall–Kier alpha value is -0.670. The van der Waals surface area contributed by atoms with Crippen LogP contribution in [-0.4, -0.2) is 9.36 Å². The molecule has 0 fully saturated rings. The van der Waals surface area contributed by atoms with Gasteiger partial charge in [0.25, 0.3) is 0 Å². The average molecular weight is 171 g/mol. The van der Waals surface area contributed by atoms with E-state index < -0.39 is 0 Å². The first-order valence-corrected chi connectivity index (χ1v) is 3.88. The van der Waals surface area contributed by atoms with Crippen LogP contribution in [-0.2, 0) is 0 Å².